The monoisotopic (exact) mass is 277 g/mol. The van der Waals surface area contributed by atoms with Crippen LogP contribution in [0.5, 0.6) is 0 Å². The van der Waals surface area contributed by atoms with Gasteiger partial charge in [0.1, 0.15) is 5.82 Å². The Hall–Kier alpha value is -1.66. The average molecular weight is 277 g/mol. The van der Waals surface area contributed by atoms with Gasteiger partial charge in [0.2, 0.25) is 0 Å². The van der Waals surface area contributed by atoms with Crippen molar-refractivity contribution >= 4 is 11.7 Å². The van der Waals surface area contributed by atoms with E-state index in [2.05, 4.69) is 34.7 Å². The van der Waals surface area contributed by atoms with Crippen LogP contribution in [0.4, 0.5) is 5.82 Å². The maximum Gasteiger partial charge on any atom is 0.252 e. The van der Waals surface area contributed by atoms with Crippen LogP contribution in [0.2, 0.25) is 0 Å². The van der Waals surface area contributed by atoms with E-state index in [9.17, 15) is 4.79 Å². The number of aromatic nitrogens is 1. The lowest BCUT2D eigenvalue weighted by Crippen LogP contribution is -2.50. The molecule has 20 heavy (non-hydrogen) atoms. The first-order chi connectivity index (χ1) is 9.57. The topological polar surface area (TPSA) is 83.3 Å². The van der Waals surface area contributed by atoms with Gasteiger partial charge in [-0.3, -0.25) is 4.79 Å². The van der Waals surface area contributed by atoms with E-state index in [1.165, 1.54) is 19.0 Å². The molecular formula is C14H23N5O. The minimum absolute atomic E-state index is 0.0887. The number of carbonyl (C=O) groups excluding carboxylic acids is 1. The molecule has 6 heteroatoms. The maximum absolute atomic E-state index is 12.1. The second-order valence-electron chi connectivity index (χ2n) is 5.59. The Bertz CT molecular complexity index is 451. The molecule has 0 radical (unpaired) electrons. The number of anilines is 1. The van der Waals surface area contributed by atoms with Gasteiger partial charge in [-0.15, -0.1) is 0 Å². The van der Waals surface area contributed by atoms with Gasteiger partial charge in [-0.2, -0.15) is 0 Å². The number of likely N-dealkylation sites (N-methyl/N-ethyl adjacent to an activating group) is 1. The summed E-state index contributed by atoms with van der Waals surface area (Å²) in [6.45, 7) is 0.676. The van der Waals surface area contributed by atoms with Gasteiger partial charge in [-0.1, -0.05) is 12.8 Å². The van der Waals surface area contributed by atoms with Gasteiger partial charge in [0.15, 0.2) is 0 Å². The highest BCUT2D eigenvalue weighted by molar-refractivity contribution is 5.94. The molecule has 1 fully saturated rings. The molecule has 1 aliphatic rings. The van der Waals surface area contributed by atoms with E-state index >= 15 is 0 Å². The molecular weight excluding hydrogens is 254 g/mol. The van der Waals surface area contributed by atoms with Crippen molar-refractivity contribution in [1.29, 1.82) is 0 Å². The smallest absolute Gasteiger partial charge is 0.252 e. The minimum atomic E-state index is -0.0887. The number of amides is 1. The Morgan fingerprint density at radius 2 is 2.10 bits per heavy atom. The van der Waals surface area contributed by atoms with Crippen LogP contribution in [0.3, 0.4) is 0 Å². The van der Waals surface area contributed by atoms with Crippen LogP contribution >= 0.6 is 0 Å². The summed E-state index contributed by atoms with van der Waals surface area (Å²) in [4.78, 5) is 18.4. The predicted molar refractivity (Wildman–Crippen MR) is 79.3 cm³/mol. The molecule has 6 nitrogen and oxygen atoms in total. The number of nitrogens with one attached hydrogen (secondary N) is 2. The van der Waals surface area contributed by atoms with Gasteiger partial charge in [-0.05, 0) is 39.1 Å². The third-order valence-corrected chi connectivity index (χ3v) is 4.23. The molecule has 0 aliphatic heterocycles. The fourth-order valence-corrected chi connectivity index (χ4v) is 2.78. The number of rotatable bonds is 5. The van der Waals surface area contributed by atoms with E-state index in [0.29, 0.717) is 17.9 Å². The van der Waals surface area contributed by atoms with Gasteiger partial charge in [0, 0.05) is 18.3 Å². The largest absolute Gasteiger partial charge is 0.350 e. The summed E-state index contributed by atoms with van der Waals surface area (Å²) in [6.07, 6.45) is 6.25. The summed E-state index contributed by atoms with van der Waals surface area (Å²) >= 11 is 0. The molecule has 0 atom stereocenters. The lowest BCUT2D eigenvalue weighted by atomic mass is 9.96. The highest BCUT2D eigenvalue weighted by Crippen LogP contribution is 2.33. The second kappa shape index (κ2) is 6.19. The first kappa shape index (κ1) is 14.7. The Morgan fingerprint density at radius 3 is 2.60 bits per heavy atom. The standard InChI is InChI=1S/C14H23N5O/c1-19(2)14(7-3-4-8-14)10-17-13(20)11-5-6-12(18-15)16-9-11/h5-6,9H,3-4,7-8,10,15H2,1-2H3,(H,16,18)(H,17,20). The predicted octanol–water partition coefficient (Wildman–Crippen LogP) is 0.971. The third-order valence-electron chi connectivity index (χ3n) is 4.23. The summed E-state index contributed by atoms with van der Waals surface area (Å²) in [5.41, 5.74) is 3.09. The Balaban J connectivity index is 1.97. The van der Waals surface area contributed by atoms with Crippen LogP contribution in [-0.2, 0) is 0 Å². The molecule has 0 unspecified atom stereocenters. The van der Waals surface area contributed by atoms with Crippen molar-refractivity contribution in [3.63, 3.8) is 0 Å². The Morgan fingerprint density at radius 1 is 1.40 bits per heavy atom. The number of nitrogens with two attached hydrogens (primary N) is 1. The minimum Gasteiger partial charge on any atom is -0.350 e. The molecule has 1 aromatic rings. The average Bonchev–Trinajstić information content (AvgIpc) is 2.95. The third kappa shape index (κ3) is 3.08. The molecule has 0 spiro atoms. The number of hydrogen-bond acceptors (Lipinski definition) is 5. The van der Waals surface area contributed by atoms with Gasteiger partial charge in [-0.25, -0.2) is 10.8 Å². The SMILES string of the molecule is CN(C)C1(CNC(=O)c2ccc(NN)nc2)CCCC1. The molecule has 2 rings (SSSR count). The molecule has 1 aromatic heterocycles. The van der Waals surface area contributed by atoms with E-state index in [1.54, 1.807) is 12.1 Å². The van der Waals surface area contributed by atoms with Crippen LogP contribution in [0, 0.1) is 0 Å². The maximum atomic E-state index is 12.1. The van der Waals surface area contributed by atoms with Crippen molar-refractivity contribution in [3.05, 3.63) is 23.9 Å². The summed E-state index contributed by atoms with van der Waals surface area (Å²) in [7, 11) is 4.17. The first-order valence-corrected chi connectivity index (χ1v) is 6.96. The number of hydrogen-bond donors (Lipinski definition) is 3. The molecule has 4 N–H and O–H groups in total. The molecule has 1 aliphatic carbocycles. The van der Waals surface area contributed by atoms with Crippen LogP contribution in [0.1, 0.15) is 36.0 Å². The van der Waals surface area contributed by atoms with Crippen LogP contribution < -0.4 is 16.6 Å². The number of nitrogens with zero attached hydrogens (tertiary/aromatic N) is 2. The molecule has 1 amide bonds. The number of carbonyl (C=O) groups is 1. The van der Waals surface area contributed by atoms with E-state index in [0.717, 1.165) is 12.8 Å². The fraction of sp³-hybridized carbons (Fsp3) is 0.571. The van der Waals surface area contributed by atoms with Crippen molar-refractivity contribution in [1.82, 2.24) is 15.2 Å². The molecule has 0 saturated heterocycles. The second-order valence-corrected chi connectivity index (χ2v) is 5.59. The molecule has 0 bridgehead atoms. The number of nitrogen functional groups attached to an aromatic ring is 1. The highest BCUT2D eigenvalue weighted by atomic mass is 16.1. The van der Waals surface area contributed by atoms with Crippen molar-refractivity contribution in [2.45, 2.75) is 31.2 Å². The fourth-order valence-electron chi connectivity index (χ4n) is 2.78. The first-order valence-electron chi connectivity index (χ1n) is 6.96. The highest BCUT2D eigenvalue weighted by Gasteiger charge is 2.36. The summed E-state index contributed by atoms with van der Waals surface area (Å²) < 4.78 is 0. The Kier molecular flexibility index (Phi) is 4.57. The zero-order chi connectivity index (χ0) is 14.6. The Labute approximate surface area is 119 Å². The molecule has 0 aromatic carbocycles. The van der Waals surface area contributed by atoms with Gasteiger partial charge in [0.25, 0.3) is 5.91 Å². The number of pyridine rings is 1. The van der Waals surface area contributed by atoms with E-state index in [4.69, 9.17) is 5.84 Å². The van der Waals surface area contributed by atoms with Crippen molar-refractivity contribution < 1.29 is 4.79 Å². The molecule has 110 valence electrons. The van der Waals surface area contributed by atoms with Gasteiger partial charge >= 0.3 is 0 Å². The summed E-state index contributed by atoms with van der Waals surface area (Å²) in [5, 5.41) is 3.03. The van der Waals surface area contributed by atoms with Crippen molar-refractivity contribution in [2.24, 2.45) is 5.84 Å². The molecule has 1 saturated carbocycles. The zero-order valence-electron chi connectivity index (χ0n) is 12.1. The van der Waals surface area contributed by atoms with E-state index in [1.807, 2.05) is 0 Å². The van der Waals surface area contributed by atoms with Gasteiger partial charge in [0.05, 0.1) is 5.56 Å². The summed E-state index contributed by atoms with van der Waals surface area (Å²) in [6, 6.07) is 3.40. The quantitative estimate of drug-likeness (QED) is 0.552. The number of hydrazine groups is 1. The normalized spacial score (nSPS) is 17.2. The van der Waals surface area contributed by atoms with Gasteiger partial charge < -0.3 is 15.6 Å². The van der Waals surface area contributed by atoms with Crippen LogP contribution in [-0.4, -0.2) is 42.0 Å². The lowest BCUT2D eigenvalue weighted by molar-refractivity contribution is 0.0899. The zero-order valence-corrected chi connectivity index (χ0v) is 12.1. The van der Waals surface area contributed by atoms with Crippen LogP contribution in [0.25, 0.3) is 0 Å². The lowest BCUT2D eigenvalue weighted by Gasteiger charge is -2.36. The van der Waals surface area contributed by atoms with E-state index in [-0.39, 0.29) is 11.4 Å². The van der Waals surface area contributed by atoms with Crippen molar-refractivity contribution in [3.8, 4) is 0 Å². The van der Waals surface area contributed by atoms with Crippen LogP contribution in [0.15, 0.2) is 18.3 Å². The molecule has 1 heterocycles. The van der Waals surface area contributed by atoms with E-state index < -0.39 is 0 Å². The van der Waals surface area contributed by atoms with Crippen molar-refractivity contribution in [2.75, 3.05) is 26.1 Å². The summed E-state index contributed by atoms with van der Waals surface area (Å²) in [5.74, 6) is 5.70.